The Balaban J connectivity index is 3.05. The van der Waals surface area contributed by atoms with Crippen LogP contribution in [-0.2, 0) is 0 Å². The van der Waals surface area contributed by atoms with Crippen LogP contribution in [-0.4, -0.2) is 5.54 Å². The summed E-state index contributed by atoms with van der Waals surface area (Å²) < 4.78 is 26.8. The maximum atomic E-state index is 13.4. The van der Waals surface area contributed by atoms with E-state index in [0.29, 0.717) is 0 Å². The molecule has 0 saturated carbocycles. The minimum atomic E-state index is -0.658. The first kappa shape index (κ1) is 11.8. The standard InChI is InChI=1S/C11H16F2N2/c1-4-11(2,3)15-10-8(12)5-7(14)6-9(10)13/h5-6,15H,4,14H2,1-3H3. The van der Waals surface area contributed by atoms with Gasteiger partial charge >= 0.3 is 0 Å². The van der Waals surface area contributed by atoms with Crippen LogP contribution in [0.25, 0.3) is 0 Å². The van der Waals surface area contributed by atoms with Crippen LogP contribution in [0.15, 0.2) is 12.1 Å². The highest BCUT2D eigenvalue weighted by Crippen LogP contribution is 2.26. The van der Waals surface area contributed by atoms with Gasteiger partial charge in [-0.15, -0.1) is 0 Å². The second-order valence-corrected chi connectivity index (χ2v) is 4.22. The maximum absolute atomic E-state index is 13.4. The molecule has 4 heteroatoms. The monoisotopic (exact) mass is 214 g/mol. The third-order valence-electron chi connectivity index (χ3n) is 2.41. The number of hydrogen-bond donors (Lipinski definition) is 2. The summed E-state index contributed by atoms with van der Waals surface area (Å²) in [5, 5.41) is 2.83. The highest BCUT2D eigenvalue weighted by Gasteiger charge is 2.19. The molecule has 0 spiro atoms. The number of hydrogen-bond acceptors (Lipinski definition) is 2. The zero-order valence-electron chi connectivity index (χ0n) is 9.20. The van der Waals surface area contributed by atoms with Gasteiger partial charge in [0.1, 0.15) is 5.69 Å². The van der Waals surface area contributed by atoms with E-state index in [1.54, 1.807) is 0 Å². The third kappa shape index (κ3) is 2.81. The van der Waals surface area contributed by atoms with E-state index in [0.717, 1.165) is 18.6 Å². The second-order valence-electron chi connectivity index (χ2n) is 4.22. The van der Waals surface area contributed by atoms with Gasteiger partial charge in [-0.25, -0.2) is 8.78 Å². The molecule has 1 aromatic carbocycles. The number of nitrogens with two attached hydrogens (primary N) is 1. The van der Waals surface area contributed by atoms with Crippen LogP contribution in [0.1, 0.15) is 27.2 Å². The molecule has 0 saturated heterocycles. The van der Waals surface area contributed by atoms with Crippen molar-refractivity contribution in [2.24, 2.45) is 0 Å². The molecule has 0 aliphatic heterocycles. The molecule has 0 fully saturated rings. The van der Waals surface area contributed by atoms with Crippen LogP contribution in [0.5, 0.6) is 0 Å². The van der Waals surface area contributed by atoms with Gasteiger partial charge in [-0.05, 0) is 32.4 Å². The Morgan fingerprint density at radius 1 is 1.27 bits per heavy atom. The van der Waals surface area contributed by atoms with Crippen molar-refractivity contribution in [2.45, 2.75) is 32.7 Å². The van der Waals surface area contributed by atoms with E-state index in [2.05, 4.69) is 5.32 Å². The maximum Gasteiger partial charge on any atom is 0.151 e. The molecule has 3 N–H and O–H groups in total. The number of nitrogens with one attached hydrogen (secondary N) is 1. The van der Waals surface area contributed by atoms with Gasteiger partial charge in [-0.2, -0.15) is 0 Å². The quantitative estimate of drug-likeness (QED) is 0.758. The molecule has 0 heterocycles. The summed E-state index contributed by atoms with van der Waals surface area (Å²) in [4.78, 5) is 0. The second kappa shape index (κ2) is 4.04. The first-order chi connectivity index (χ1) is 6.85. The van der Waals surface area contributed by atoms with E-state index >= 15 is 0 Å². The van der Waals surface area contributed by atoms with Crippen molar-refractivity contribution in [3.8, 4) is 0 Å². The zero-order chi connectivity index (χ0) is 11.6. The van der Waals surface area contributed by atoms with Gasteiger partial charge in [0.2, 0.25) is 0 Å². The minimum absolute atomic E-state index is 0.0878. The Kier molecular flexibility index (Phi) is 3.17. The normalized spacial score (nSPS) is 11.5. The van der Waals surface area contributed by atoms with E-state index in [9.17, 15) is 8.78 Å². The number of rotatable bonds is 3. The van der Waals surface area contributed by atoms with Crippen molar-refractivity contribution in [2.75, 3.05) is 11.1 Å². The molecule has 84 valence electrons. The lowest BCUT2D eigenvalue weighted by Gasteiger charge is -2.26. The summed E-state index contributed by atoms with van der Waals surface area (Å²) in [6.45, 7) is 5.70. The van der Waals surface area contributed by atoms with Crippen LogP contribution < -0.4 is 11.1 Å². The lowest BCUT2D eigenvalue weighted by atomic mass is 10.0. The van der Waals surface area contributed by atoms with Crippen molar-refractivity contribution in [3.05, 3.63) is 23.8 Å². The molecule has 0 atom stereocenters. The predicted octanol–water partition coefficient (Wildman–Crippen LogP) is 3.15. The first-order valence-corrected chi connectivity index (χ1v) is 4.88. The van der Waals surface area contributed by atoms with E-state index in [4.69, 9.17) is 5.73 Å². The minimum Gasteiger partial charge on any atom is -0.399 e. The smallest absolute Gasteiger partial charge is 0.151 e. The topological polar surface area (TPSA) is 38.0 Å². The molecule has 0 aromatic heterocycles. The molecule has 0 amide bonds. The van der Waals surface area contributed by atoms with Crippen LogP contribution >= 0.6 is 0 Å². The third-order valence-corrected chi connectivity index (χ3v) is 2.41. The summed E-state index contributed by atoms with van der Waals surface area (Å²) >= 11 is 0. The molecule has 15 heavy (non-hydrogen) atoms. The molecular weight excluding hydrogens is 198 g/mol. The van der Waals surface area contributed by atoms with Crippen LogP contribution in [0, 0.1) is 11.6 Å². The highest BCUT2D eigenvalue weighted by molar-refractivity contribution is 5.55. The Morgan fingerprint density at radius 3 is 2.13 bits per heavy atom. The number of anilines is 2. The molecule has 0 unspecified atom stereocenters. The fourth-order valence-electron chi connectivity index (χ4n) is 1.14. The van der Waals surface area contributed by atoms with Crippen molar-refractivity contribution in [1.82, 2.24) is 0 Å². The van der Waals surface area contributed by atoms with Crippen LogP contribution in [0.2, 0.25) is 0 Å². The lowest BCUT2D eigenvalue weighted by molar-refractivity contribution is 0.523. The highest BCUT2D eigenvalue weighted by atomic mass is 19.1. The zero-order valence-corrected chi connectivity index (χ0v) is 9.20. The van der Waals surface area contributed by atoms with E-state index < -0.39 is 11.6 Å². The number of benzene rings is 1. The van der Waals surface area contributed by atoms with Gasteiger partial charge in [-0.1, -0.05) is 6.92 Å². The fourth-order valence-corrected chi connectivity index (χ4v) is 1.14. The van der Waals surface area contributed by atoms with Crippen molar-refractivity contribution in [1.29, 1.82) is 0 Å². The van der Waals surface area contributed by atoms with Crippen molar-refractivity contribution >= 4 is 11.4 Å². The molecule has 2 nitrogen and oxygen atoms in total. The molecule has 0 aliphatic rings. The average Bonchev–Trinajstić information content (AvgIpc) is 2.11. The van der Waals surface area contributed by atoms with Crippen LogP contribution in [0.3, 0.4) is 0 Å². The molecule has 1 rings (SSSR count). The average molecular weight is 214 g/mol. The Hall–Kier alpha value is -1.32. The summed E-state index contributed by atoms with van der Waals surface area (Å²) in [5.41, 5.74) is 4.94. The largest absolute Gasteiger partial charge is 0.399 e. The van der Waals surface area contributed by atoms with Gasteiger partial charge in [0.25, 0.3) is 0 Å². The van der Waals surface area contributed by atoms with Gasteiger partial charge in [0.05, 0.1) is 0 Å². The SMILES string of the molecule is CCC(C)(C)Nc1c(F)cc(N)cc1F. The van der Waals surface area contributed by atoms with E-state index in [1.165, 1.54) is 0 Å². The summed E-state index contributed by atoms with van der Waals surface area (Å²) in [6.07, 6.45) is 0.760. The first-order valence-electron chi connectivity index (χ1n) is 4.88. The summed E-state index contributed by atoms with van der Waals surface area (Å²) in [5.74, 6) is -1.32. The molecule has 0 bridgehead atoms. The van der Waals surface area contributed by atoms with Gasteiger partial charge in [0, 0.05) is 11.2 Å². The van der Waals surface area contributed by atoms with Crippen molar-refractivity contribution < 1.29 is 8.78 Å². The van der Waals surface area contributed by atoms with E-state index in [-0.39, 0.29) is 16.9 Å². The van der Waals surface area contributed by atoms with Gasteiger partial charge in [0.15, 0.2) is 11.6 Å². The molecule has 1 aromatic rings. The lowest BCUT2D eigenvalue weighted by Crippen LogP contribution is -2.30. The van der Waals surface area contributed by atoms with Crippen LogP contribution in [0.4, 0.5) is 20.2 Å². The Bertz CT molecular complexity index is 339. The van der Waals surface area contributed by atoms with Crippen molar-refractivity contribution in [3.63, 3.8) is 0 Å². The molecule has 0 aliphatic carbocycles. The summed E-state index contributed by atoms with van der Waals surface area (Å²) in [6, 6.07) is 2.22. The Morgan fingerprint density at radius 2 is 1.73 bits per heavy atom. The number of halogens is 2. The summed E-state index contributed by atoms with van der Waals surface area (Å²) in [7, 11) is 0. The fraction of sp³-hybridized carbons (Fsp3) is 0.455. The Labute approximate surface area is 88.5 Å². The van der Waals surface area contributed by atoms with E-state index in [1.807, 2.05) is 20.8 Å². The molecule has 0 radical (unpaired) electrons. The van der Waals surface area contributed by atoms with Gasteiger partial charge in [-0.3, -0.25) is 0 Å². The van der Waals surface area contributed by atoms with Gasteiger partial charge < -0.3 is 11.1 Å². The predicted molar refractivity (Wildman–Crippen MR) is 58.8 cm³/mol. The molecular formula is C11H16F2N2. The number of nitrogen functional groups attached to an aromatic ring is 1.